The molecule has 1 saturated heterocycles. The third kappa shape index (κ3) is 3.37. The fourth-order valence-electron chi connectivity index (χ4n) is 2.37. The van der Waals surface area contributed by atoms with E-state index >= 15 is 0 Å². The van der Waals surface area contributed by atoms with Crippen molar-refractivity contribution >= 4 is 10.0 Å². The largest absolute Gasteiger partial charge is 0.381 e. The molecule has 6 heteroatoms. The molecule has 4 nitrogen and oxygen atoms in total. The summed E-state index contributed by atoms with van der Waals surface area (Å²) < 4.78 is 45.6. The van der Waals surface area contributed by atoms with E-state index in [1.54, 1.807) is 6.07 Å². The second-order valence-electron chi connectivity index (χ2n) is 5.02. The molecule has 1 unspecified atom stereocenters. The molecule has 1 heterocycles. The smallest absolute Gasteiger partial charge is 0.245 e. The number of hydrogen-bond acceptors (Lipinski definition) is 3. The van der Waals surface area contributed by atoms with Crippen molar-refractivity contribution in [3.05, 3.63) is 30.1 Å². The molecule has 1 aliphatic rings. The number of ether oxygens (including phenoxy) is 1. The van der Waals surface area contributed by atoms with Crippen molar-refractivity contribution in [2.24, 2.45) is 5.92 Å². The first-order valence-corrected chi connectivity index (χ1v) is 8.32. The van der Waals surface area contributed by atoms with E-state index in [0.29, 0.717) is 32.7 Å². The Hall–Kier alpha value is -0.980. The van der Waals surface area contributed by atoms with Gasteiger partial charge in [-0.3, -0.25) is 0 Å². The minimum Gasteiger partial charge on any atom is -0.381 e. The molecule has 1 atom stereocenters. The summed E-state index contributed by atoms with van der Waals surface area (Å²) in [7, 11) is -3.78. The molecule has 0 aromatic heterocycles. The number of hydrogen-bond donors (Lipinski definition) is 0. The van der Waals surface area contributed by atoms with Gasteiger partial charge in [-0.05, 0) is 30.9 Å². The fourth-order valence-corrected chi connectivity index (χ4v) is 4.04. The molecule has 112 valence electrons. The lowest BCUT2D eigenvalue weighted by molar-refractivity contribution is 0.180. The highest BCUT2D eigenvalue weighted by molar-refractivity contribution is 7.89. The van der Waals surface area contributed by atoms with Gasteiger partial charge in [0.1, 0.15) is 10.7 Å². The standard InChI is InChI=1S/C14H20FNO3S/c1-2-8-16(10-12-7-9-19-11-12)20(17,18)14-6-4-3-5-13(14)15/h3-6,12H,2,7-11H2,1H3. The molecule has 1 aromatic rings. The highest BCUT2D eigenvalue weighted by Crippen LogP contribution is 2.22. The van der Waals surface area contributed by atoms with Crippen molar-refractivity contribution in [2.45, 2.75) is 24.7 Å². The third-order valence-corrected chi connectivity index (χ3v) is 5.31. The SMILES string of the molecule is CCCN(CC1CCOC1)S(=O)(=O)c1ccccc1F. The van der Waals surface area contributed by atoms with Crippen molar-refractivity contribution in [2.75, 3.05) is 26.3 Å². The Morgan fingerprint density at radius 3 is 2.75 bits per heavy atom. The third-order valence-electron chi connectivity index (χ3n) is 3.41. The molecule has 0 bridgehead atoms. The topological polar surface area (TPSA) is 46.6 Å². The summed E-state index contributed by atoms with van der Waals surface area (Å²) in [5.41, 5.74) is 0. The second-order valence-corrected chi connectivity index (χ2v) is 6.93. The lowest BCUT2D eigenvalue weighted by Gasteiger charge is -2.24. The molecule has 0 radical (unpaired) electrons. The first-order chi connectivity index (χ1) is 9.55. The zero-order valence-electron chi connectivity index (χ0n) is 11.6. The maximum Gasteiger partial charge on any atom is 0.245 e. The van der Waals surface area contributed by atoms with Crippen LogP contribution in [0.3, 0.4) is 0 Å². The summed E-state index contributed by atoms with van der Waals surface area (Å²) >= 11 is 0. The van der Waals surface area contributed by atoms with Gasteiger partial charge in [-0.25, -0.2) is 12.8 Å². The van der Waals surface area contributed by atoms with Crippen LogP contribution in [0.5, 0.6) is 0 Å². The molecule has 0 aliphatic carbocycles. The minimum absolute atomic E-state index is 0.197. The number of nitrogens with zero attached hydrogens (tertiary/aromatic N) is 1. The Morgan fingerprint density at radius 1 is 1.40 bits per heavy atom. The van der Waals surface area contributed by atoms with Crippen LogP contribution in [0.1, 0.15) is 19.8 Å². The van der Waals surface area contributed by atoms with Gasteiger partial charge in [0, 0.05) is 19.7 Å². The Bertz CT molecular complexity index is 541. The average molecular weight is 301 g/mol. The predicted molar refractivity (Wildman–Crippen MR) is 74.4 cm³/mol. The van der Waals surface area contributed by atoms with Crippen molar-refractivity contribution in [1.82, 2.24) is 4.31 Å². The van der Waals surface area contributed by atoms with Gasteiger partial charge in [-0.1, -0.05) is 19.1 Å². The number of rotatable bonds is 6. The van der Waals surface area contributed by atoms with Gasteiger partial charge in [-0.2, -0.15) is 4.31 Å². The van der Waals surface area contributed by atoms with E-state index in [-0.39, 0.29) is 10.8 Å². The summed E-state index contributed by atoms with van der Waals surface area (Å²) in [5.74, 6) is -0.501. The van der Waals surface area contributed by atoms with Crippen molar-refractivity contribution in [3.8, 4) is 0 Å². The van der Waals surface area contributed by atoms with Crippen molar-refractivity contribution in [3.63, 3.8) is 0 Å². The van der Waals surface area contributed by atoms with Gasteiger partial charge >= 0.3 is 0 Å². The predicted octanol–water partition coefficient (Wildman–Crippen LogP) is 2.26. The van der Waals surface area contributed by atoms with Crippen LogP contribution in [0.25, 0.3) is 0 Å². The van der Waals surface area contributed by atoms with Gasteiger partial charge in [0.25, 0.3) is 0 Å². The maximum atomic E-state index is 13.8. The molecule has 0 saturated carbocycles. The van der Waals surface area contributed by atoms with Gasteiger partial charge in [-0.15, -0.1) is 0 Å². The lowest BCUT2D eigenvalue weighted by atomic mass is 10.1. The van der Waals surface area contributed by atoms with Crippen LogP contribution in [0.4, 0.5) is 4.39 Å². The highest BCUT2D eigenvalue weighted by atomic mass is 32.2. The molecule has 0 N–H and O–H groups in total. The maximum absolute atomic E-state index is 13.8. The van der Waals surface area contributed by atoms with Gasteiger partial charge in [0.15, 0.2) is 0 Å². The number of halogens is 1. The van der Waals surface area contributed by atoms with E-state index in [4.69, 9.17) is 4.74 Å². The molecular weight excluding hydrogens is 281 g/mol. The van der Waals surface area contributed by atoms with Crippen molar-refractivity contribution < 1.29 is 17.5 Å². The molecule has 1 aliphatic heterocycles. The van der Waals surface area contributed by atoms with E-state index < -0.39 is 15.8 Å². The van der Waals surface area contributed by atoms with Crippen LogP contribution in [0, 0.1) is 11.7 Å². The molecule has 20 heavy (non-hydrogen) atoms. The monoisotopic (exact) mass is 301 g/mol. The Balaban J connectivity index is 2.24. The number of sulfonamides is 1. The van der Waals surface area contributed by atoms with E-state index in [1.165, 1.54) is 22.5 Å². The highest BCUT2D eigenvalue weighted by Gasteiger charge is 2.30. The summed E-state index contributed by atoms with van der Waals surface area (Å²) in [6, 6.07) is 5.52. The van der Waals surface area contributed by atoms with E-state index in [9.17, 15) is 12.8 Å². The van der Waals surface area contributed by atoms with Gasteiger partial charge < -0.3 is 4.74 Å². The Kier molecular flexibility index (Phi) is 5.12. The lowest BCUT2D eigenvalue weighted by Crippen LogP contribution is -2.36. The second kappa shape index (κ2) is 6.65. The molecular formula is C14H20FNO3S. The zero-order chi connectivity index (χ0) is 14.6. The van der Waals surface area contributed by atoms with Crippen LogP contribution in [-0.2, 0) is 14.8 Å². The molecule has 2 rings (SSSR count). The first-order valence-electron chi connectivity index (χ1n) is 6.88. The van der Waals surface area contributed by atoms with Crippen LogP contribution in [0.15, 0.2) is 29.2 Å². The molecule has 1 aromatic carbocycles. The summed E-state index contributed by atoms with van der Waals surface area (Å²) in [4.78, 5) is -0.243. The normalized spacial score (nSPS) is 19.6. The van der Waals surface area contributed by atoms with E-state index in [0.717, 1.165) is 6.42 Å². The van der Waals surface area contributed by atoms with Gasteiger partial charge in [0.05, 0.1) is 6.61 Å². The van der Waals surface area contributed by atoms with Crippen molar-refractivity contribution in [1.29, 1.82) is 0 Å². The fraction of sp³-hybridized carbons (Fsp3) is 0.571. The quantitative estimate of drug-likeness (QED) is 0.810. The summed E-state index contributed by atoms with van der Waals surface area (Å²) in [6.07, 6.45) is 1.55. The van der Waals surface area contributed by atoms with E-state index in [1.807, 2.05) is 6.92 Å². The summed E-state index contributed by atoms with van der Waals surface area (Å²) in [6.45, 7) is 3.95. The van der Waals surface area contributed by atoms with Crippen LogP contribution >= 0.6 is 0 Å². The number of benzene rings is 1. The molecule has 1 fully saturated rings. The first kappa shape index (κ1) is 15.4. The van der Waals surface area contributed by atoms with Crippen LogP contribution < -0.4 is 0 Å². The Labute approximate surface area is 119 Å². The zero-order valence-corrected chi connectivity index (χ0v) is 12.4. The summed E-state index contributed by atoms with van der Waals surface area (Å²) in [5, 5.41) is 0. The minimum atomic E-state index is -3.78. The average Bonchev–Trinajstić information content (AvgIpc) is 2.91. The van der Waals surface area contributed by atoms with Crippen LogP contribution in [0.2, 0.25) is 0 Å². The molecule has 0 spiro atoms. The van der Waals surface area contributed by atoms with Crippen LogP contribution in [-0.4, -0.2) is 39.0 Å². The molecule has 0 amide bonds. The Morgan fingerprint density at radius 2 is 2.15 bits per heavy atom. The van der Waals surface area contributed by atoms with Gasteiger partial charge in [0.2, 0.25) is 10.0 Å². The van der Waals surface area contributed by atoms with E-state index in [2.05, 4.69) is 0 Å².